The van der Waals surface area contributed by atoms with E-state index < -0.39 is 17.9 Å². The molecule has 0 fully saturated rings. The first-order valence-corrected chi connectivity index (χ1v) is 9.49. The van der Waals surface area contributed by atoms with Gasteiger partial charge in [0.15, 0.2) is 0 Å². The number of hydrogen-bond donors (Lipinski definition) is 1. The van der Waals surface area contributed by atoms with E-state index in [1.165, 1.54) is 7.11 Å². The molecule has 1 heterocycles. The Bertz CT molecular complexity index is 841. The summed E-state index contributed by atoms with van der Waals surface area (Å²) < 4.78 is 16.0. The summed E-state index contributed by atoms with van der Waals surface area (Å²) >= 11 is 6.57. The number of allylic oxidation sites excluding steroid dienone is 2. The van der Waals surface area contributed by atoms with Crippen LogP contribution in [0.4, 0.5) is 0 Å². The summed E-state index contributed by atoms with van der Waals surface area (Å²) in [6, 6.07) is 5.25. The topological polar surface area (TPSA) is 73.9 Å². The maximum atomic E-state index is 12.9. The molecule has 0 radical (unpaired) electrons. The Balaban J connectivity index is 2.72. The van der Waals surface area contributed by atoms with Crippen LogP contribution in [0, 0.1) is 0 Å². The number of esters is 2. The van der Waals surface area contributed by atoms with Crippen molar-refractivity contribution in [3.8, 4) is 5.75 Å². The third kappa shape index (κ3) is 4.33. The van der Waals surface area contributed by atoms with Crippen molar-refractivity contribution in [3.05, 3.63) is 51.3 Å². The Morgan fingerprint density at radius 3 is 2.29 bits per heavy atom. The fourth-order valence-electron chi connectivity index (χ4n) is 3.24. The van der Waals surface area contributed by atoms with Gasteiger partial charge < -0.3 is 19.5 Å². The molecule has 2 rings (SSSR count). The average molecular weight is 408 g/mol. The molecular formula is C21H26ClNO5. The van der Waals surface area contributed by atoms with E-state index >= 15 is 0 Å². The van der Waals surface area contributed by atoms with Crippen LogP contribution in [0.15, 0.2) is 40.7 Å². The van der Waals surface area contributed by atoms with Crippen LogP contribution >= 0.6 is 11.6 Å². The fourth-order valence-corrected chi connectivity index (χ4v) is 3.55. The quantitative estimate of drug-likeness (QED) is 0.715. The summed E-state index contributed by atoms with van der Waals surface area (Å²) in [7, 11) is 1.51. The number of dihydropyridines is 1. The highest BCUT2D eigenvalue weighted by atomic mass is 35.5. The first kappa shape index (κ1) is 21.8. The number of carbonyl (C=O) groups is 2. The molecule has 1 unspecified atom stereocenters. The molecule has 0 spiro atoms. The number of hydrogen-bond acceptors (Lipinski definition) is 6. The Kier molecular flexibility index (Phi) is 7.13. The zero-order valence-corrected chi connectivity index (χ0v) is 17.8. The minimum atomic E-state index is -0.742. The summed E-state index contributed by atoms with van der Waals surface area (Å²) in [5, 5.41) is 3.43. The first-order chi connectivity index (χ1) is 13.2. The Labute approximate surface area is 170 Å². The molecule has 6 nitrogen and oxygen atoms in total. The molecule has 0 aromatic heterocycles. The molecule has 7 heteroatoms. The molecule has 1 aliphatic heterocycles. The molecule has 0 amide bonds. The predicted octanol–water partition coefficient (Wildman–Crippen LogP) is 4.10. The zero-order valence-electron chi connectivity index (χ0n) is 17.0. The largest absolute Gasteiger partial charge is 0.495 e. The second-order valence-corrected chi connectivity index (χ2v) is 7.05. The lowest BCUT2D eigenvalue weighted by molar-refractivity contribution is -0.143. The van der Waals surface area contributed by atoms with Crippen molar-refractivity contribution in [2.75, 3.05) is 13.7 Å². The predicted molar refractivity (Wildman–Crippen MR) is 107 cm³/mol. The number of benzene rings is 1. The lowest BCUT2D eigenvalue weighted by atomic mass is 9.80. The highest BCUT2D eigenvalue weighted by molar-refractivity contribution is 6.33. The molecule has 1 aromatic carbocycles. The second kappa shape index (κ2) is 9.15. The van der Waals surface area contributed by atoms with Gasteiger partial charge in [0.05, 0.1) is 41.9 Å². The highest BCUT2D eigenvalue weighted by Gasteiger charge is 2.39. The fraction of sp³-hybridized carbons (Fsp3) is 0.429. The first-order valence-electron chi connectivity index (χ1n) is 9.11. The van der Waals surface area contributed by atoms with E-state index in [-0.39, 0.29) is 12.7 Å². The van der Waals surface area contributed by atoms with Gasteiger partial charge in [0.2, 0.25) is 0 Å². The number of nitrogens with one attached hydrogen (secondary N) is 1. The molecule has 1 aliphatic rings. The van der Waals surface area contributed by atoms with Crippen molar-refractivity contribution in [2.24, 2.45) is 0 Å². The Morgan fingerprint density at radius 2 is 1.75 bits per heavy atom. The van der Waals surface area contributed by atoms with E-state index in [0.29, 0.717) is 38.9 Å². The van der Waals surface area contributed by atoms with Gasteiger partial charge in [-0.2, -0.15) is 0 Å². The number of carbonyl (C=O) groups excluding carboxylic acids is 2. The van der Waals surface area contributed by atoms with Crippen LogP contribution in [0.25, 0.3) is 0 Å². The van der Waals surface area contributed by atoms with Crippen LogP contribution < -0.4 is 10.1 Å². The molecule has 1 atom stereocenters. The van der Waals surface area contributed by atoms with E-state index in [9.17, 15) is 9.59 Å². The van der Waals surface area contributed by atoms with E-state index in [4.69, 9.17) is 25.8 Å². The van der Waals surface area contributed by atoms with E-state index in [1.807, 2.05) is 0 Å². The summed E-state index contributed by atoms with van der Waals surface area (Å²) in [5.41, 5.74) is 2.40. The number of ether oxygens (including phenoxy) is 3. The second-order valence-electron chi connectivity index (χ2n) is 6.67. The standard InChI is InChI=1S/C21H26ClNO5/c1-7-27-20(24)16-12(4)23-13(5)17(21(25)28-11(2)3)18(16)14-9-8-10-15(26-6)19(14)22/h8-11,18,23H,7H2,1-6H3. The lowest BCUT2D eigenvalue weighted by Gasteiger charge is -2.31. The summed E-state index contributed by atoms with van der Waals surface area (Å²) in [4.78, 5) is 25.7. The molecule has 28 heavy (non-hydrogen) atoms. The normalized spacial score (nSPS) is 16.8. The molecule has 152 valence electrons. The van der Waals surface area contributed by atoms with E-state index in [0.717, 1.165) is 0 Å². The van der Waals surface area contributed by atoms with Crippen LogP contribution in [-0.2, 0) is 19.1 Å². The average Bonchev–Trinajstić information content (AvgIpc) is 2.60. The minimum Gasteiger partial charge on any atom is -0.495 e. The van der Waals surface area contributed by atoms with Gasteiger partial charge in [-0.05, 0) is 46.2 Å². The van der Waals surface area contributed by atoms with Crippen molar-refractivity contribution in [1.29, 1.82) is 0 Å². The summed E-state index contributed by atoms with van der Waals surface area (Å²) in [5.74, 6) is -1.32. The minimum absolute atomic E-state index is 0.211. The SMILES string of the molecule is CCOC(=O)C1=C(C)NC(C)=C(C(=O)OC(C)C)C1c1cccc(OC)c1Cl. The monoisotopic (exact) mass is 407 g/mol. The van der Waals surface area contributed by atoms with Gasteiger partial charge in [-0.25, -0.2) is 9.59 Å². The highest BCUT2D eigenvalue weighted by Crippen LogP contribution is 2.44. The number of halogens is 1. The third-order valence-corrected chi connectivity index (χ3v) is 4.75. The Morgan fingerprint density at radius 1 is 1.14 bits per heavy atom. The van der Waals surface area contributed by atoms with Gasteiger partial charge in [-0.3, -0.25) is 0 Å². The van der Waals surface area contributed by atoms with Gasteiger partial charge in [0.25, 0.3) is 0 Å². The molecule has 0 aliphatic carbocycles. The maximum absolute atomic E-state index is 12.9. The van der Waals surface area contributed by atoms with Crippen LogP contribution in [0.5, 0.6) is 5.75 Å². The van der Waals surface area contributed by atoms with Gasteiger partial charge in [-0.15, -0.1) is 0 Å². The van der Waals surface area contributed by atoms with E-state index in [1.54, 1.807) is 52.8 Å². The lowest BCUT2D eigenvalue weighted by Crippen LogP contribution is -2.33. The smallest absolute Gasteiger partial charge is 0.337 e. The molecule has 0 saturated heterocycles. The van der Waals surface area contributed by atoms with Crippen LogP contribution in [-0.4, -0.2) is 31.8 Å². The van der Waals surface area contributed by atoms with E-state index in [2.05, 4.69) is 5.32 Å². The Hall–Kier alpha value is -2.47. The van der Waals surface area contributed by atoms with Crippen molar-refractivity contribution in [1.82, 2.24) is 5.32 Å². The molecule has 1 aromatic rings. The molecule has 0 bridgehead atoms. The van der Waals surface area contributed by atoms with Gasteiger partial charge in [-0.1, -0.05) is 23.7 Å². The van der Waals surface area contributed by atoms with Crippen molar-refractivity contribution >= 4 is 23.5 Å². The summed E-state index contributed by atoms with van der Waals surface area (Å²) in [6.45, 7) is 9.01. The third-order valence-electron chi connectivity index (χ3n) is 4.34. The molecule has 1 N–H and O–H groups in total. The van der Waals surface area contributed by atoms with Gasteiger partial charge in [0, 0.05) is 11.4 Å². The van der Waals surface area contributed by atoms with Crippen LogP contribution in [0.2, 0.25) is 5.02 Å². The molecule has 0 saturated carbocycles. The number of methoxy groups -OCH3 is 1. The zero-order chi connectivity index (χ0) is 21.0. The van der Waals surface area contributed by atoms with Crippen molar-refractivity contribution < 1.29 is 23.8 Å². The van der Waals surface area contributed by atoms with Crippen LogP contribution in [0.3, 0.4) is 0 Å². The maximum Gasteiger partial charge on any atom is 0.337 e. The number of rotatable bonds is 6. The van der Waals surface area contributed by atoms with Crippen molar-refractivity contribution in [3.63, 3.8) is 0 Å². The molecular weight excluding hydrogens is 382 g/mol. The van der Waals surface area contributed by atoms with Crippen LogP contribution in [0.1, 0.15) is 46.1 Å². The van der Waals surface area contributed by atoms with Gasteiger partial charge in [0.1, 0.15) is 5.75 Å². The van der Waals surface area contributed by atoms with Crippen molar-refractivity contribution in [2.45, 2.75) is 46.6 Å². The van der Waals surface area contributed by atoms with Gasteiger partial charge >= 0.3 is 11.9 Å². The summed E-state index contributed by atoms with van der Waals surface area (Å²) in [6.07, 6.45) is -0.313.